The van der Waals surface area contributed by atoms with Crippen LogP contribution in [0.15, 0.2) is 24.3 Å². The molecule has 0 aliphatic heterocycles. The minimum atomic E-state index is -3.98. The van der Waals surface area contributed by atoms with Crippen LogP contribution in [0.1, 0.15) is 39.6 Å². The average Bonchev–Trinajstić information content (AvgIpc) is 2.93. The number of hydrogen-bond acceptors (Lipinski definition) is 7. The Morgan fingerprint density at radius 3 is 2.60 bits per heavy atom. The van der Waals surface area contributed by atoms with Crippen molar-refractivity contribution >= 4 is 38.2 Å². The lowest BCUT2D eigenvalue weighted by atomic mass is 10.2. The van der Waals surface area contributed by atoms with Gasteiger partial charge in [0.2, 0.25) is 10.0 Å². The summed E-state index contributed by atoms with van der Waals surface area (Å²) in [6, 6.07) is 5.47. The highest BCUT2D eigenvalue weighted by Gasteiger charge is 2.24. The maximum absolute atomic E-state index is 13.6. The monoisotopic (exact) mass is 386 g/mol. The number of rotatable bonds is 7. The van der Waals surface area contributed by atoms with Crippen molar-refractivity contribution < 1.29 is 27.1 Å². The molecular weight excluding hydrogens is 371 g/mol. The first-order chi connectivity index (χ1) is 11.7. The molecule has 1 N–H and O–H groups in total. The Kier molecular flexibility index (Phi) is 5.85. The molecule has 1 aromatic heterocycles. The Bertz CT molecular complexity index is 908. The van der Waals surface area contributed by atoms with Crippen LogP contribution in [0.2, 0.25) is 0 Å². The van der Waals surface area contributed by atoms with Gasteiger partial charge < -0.3 is 4.74 Å². The maximum atomic E-state index is 13.6. The van der Waals surface area contributed by atoms with E-state index in [-0.39, 0.29) is 27.9 Å². The van der Waals surface area contributed by atoms with Crippen molar-refractivity contribution in [1.29, 1.82) is 0 Å². The second-order valence-corrected chi connectivity index (χ2v) is 7.65. The van der Waals surface area contributed by atoms with Crippen molar-refractivity contribution in [1.82, 2.24) is 4.98 Å². The summed E-state index contributed by atoms with van der Waals surface area (Å²) in [7, 11) is -3.98. The van der Waals surface area contributed by atoms with Crippen LogP contribution in [-0.4, -0.2) is 31.8 Å². The molecule has 1 aromatic carbocycles. The molecule has 7 nitrogen and oxygen atoms in total. The Morgan fingerprint density at radius 1 is 1.32 bits per heavy atom. The van der Waals surface area contributed by atoms with Gasteiger partial charge in [-0.05, 0) is 13.0 Å². The van der Waals surface area contributed by atoms with E-state index in [2.05, 4.69) is 9.71 Å². The molecule has 0 aliphatic carbocycles. The van der Waals surface area contributed by atoms with Crippen molar-refractivity contribution in [3.8, 4) is 0 Å². The Hall–Kier alpha value is -2.33. The third-order valence-electron chi connectivity index (χ3n) is 2.96. The fourth-order valence-corrected chi connectivity index (χ4v) is 4.20. The number of benzene rings is 1. The van der Waals surface area contributed by atoms with Gasteiger partial charge in [-0.15, -0.1) is 0 Å². The van der Waals surface area contributed by atoms with Crippen molar-refractivity contribution in [3.05, 3.63) is 46.2 Å². The molecule has 2 rings (SSSR count). The fraction of sp³-hybridized carbons (Fsp3) is 0.267. The van der Waals surface area contributed by atoms with Crippen LogP contribution < -0.4 is 4.72 Å². The van der Waals surface area contributed by atoms with Crippen LogP contribution in [-0.2, 0) is 20.5 Å². The third-order valence-corrected chi connectivity index (χ3v) is 5.36. The molecule has 25 heavy (non-hydrogen) atoms. The number of Topliss-reactive ketones (excluding diaryl/α,β-unsaturated/α-hetero) is 1. The van der Waals surface area contributed by atoms with Gasteiger partial charge in [-0.1, -0.05) is 29.5 Å². The van der Waals surface area contributed by atoms with E-state index in [0.29, 0.717) is 0 Å². The second-order valence-electron chi connectivity index (χ2n) is 4.93. The standard InChI is InChI=1S/C15H15FN2O5S2/c1-3-23-14(20)12-13(9(2)19)24-15(17-12)18-25(21,22)8-10-6-4-5-7-11(10)16/h4-7H,3,8H2,1-2H3,(H,17,18). The summed E-state index contributed by atoms with van der Waals surface area (Å²) in [6.07, 6.45) is 0. The molecule has 10 heteroatoms. The van der Waals surface area contributed by atoms with Gasteiger partial charge in [0.15, 0.2) is 16.6 Å². The van der Waals surface area contributed by atoms with Gasteiger partial charge in [0.25, 0.3) is 0 Å². The van der Waals surface area contributed by atoms with E-state index in [1.54, 1.807) is 6.92 Å². The van der Waals surface area contributed by atoms with Crippen molar-refractivity contribution in [2.24, 2.45) is 0 Å². The Labute approximate surface area is 147 Å². The number of anilines is 1. The Morgan fingerprint density at radius 2 is 2.00 bits per heavy atom. The van der Waals surface area contributed by atoms with Gasteiger partial charge in [-0.3, -0.25) is 9.52 Å². The van der Waals surface area contributed by atoms with E-state index in [0.717, 1.165) is 17.4 Å². The van der Waals surface area contributed by atoms with E-state index in [1.165, 1.54) is 25.1 Å². The van der Waals surface area contributed by atoms with Gasteiger partial charge in [-0.2, -0.15) is 0 Å². The van der Waals surface area contributed by atoms with Crippen LogP contribution >= 0.6 is 11.3 Å². The number of halogens is 1. The smallest absolute Gasteiger partial charge is 0.358 e. The topological polar surface area (TPSA) is 102 Å². The zero-order chi connectivity index (χ0) is 18.6. The van der Waals surface area contributed by atoms with Crippen LogP contribution in [0.25, 0.3) is 0 Å². The first kappa shape index (κ1) is 19.0. The molecular formula is C15H15FN2O5S2. The SMILES string of the molecule is CCOC(=O)c1nc(NS(=O)(=O)Cc2ccccc2F)sc1C(C)=O. The lowest BCUT2D eigenvalue weighted by Gasteiger charge is -2.06. The molecule has 0 saturated heterocycles. The number of sulfonamides is 1. The van der Waals surface area contributed by atoms with Gasteiger partial charge in [-0.25, -0.2) is 22.6 Å². The predicted molar refractivity (Wildman–Crippen MR) is 90.7 cm³/mol. The van der Waals surface area contributed by atoms with Gasteiger partial charge in [0, 0.05) is 12.5 Å². The molecule has 0 fully saturated rings. The van der Waals surface area contributed by atoms with Crippen molar-refractivity contribution in [2.45, 2.75) is 19.6 Å². The zero-order valence-corrected chi connectivity index (χ0v) is 15.0. The summed E-state index contributed by atoms with van der Waals surface area (Å²) in [5.74, 6) is -2.52. The summed E-state index contributed by atoms with van der Waals surface area (Å²) >= 11 is 0.718. The molecule has 1 heterocycles. The third kappa shape index (κ3) is 4.83. The molecule has 2 aromatic rings. The van der Waals surface area contributed by atoms with E-state index in [1.807, 2.05) is 0 Å². The van der Waals surface area contributed by atoms with E-state index < -0.39 is 33.3 Å². The van der Waals surface area contributed by atoms with E-state index >= 15 is 0 Å². The lowest BCUT2D eigenvalue weighted by molar-refractivity contribution is 0.0517. The number of hydrogen-bond donors (Lipinski definition) is 1. The normalized spacial score (nSPS) is 11.2. The van der Waals surface area contributed by atoms with Crippen molar-refractivity contribution in [3.63, 3.8) is 0 Å². The highest BCUT2D eigenvalue weighted by molar-refractivity contribution is 7.92. The summed E-state index contributed by atoms with van der Waals surface area (Å²) < 4.78 is 45.0. The van der Waals surface area contributed by atoms with Crippen LogP contribution in [0.3, 0.4) is 0 Å². The number of nitrogens with zero attached hydrogens (tertiary/aromatic N) is 1. The molecule has 0 saturated carbocycles. The number of ether oxygens (including phenoxy) is 1. The van der Waals surface area contributed by atoms with Gasteiger partial charge in [0.1, 0.15) is 10.7 Å². The van der Waals surface area contributed by atoms with Gasteiger partial charge >= 0.3 is 5.97 Å². The highest BCUT2D eigenvalue weighted by atomic mass is 32.2. The lowest BCUT2D eigenvalue weighted by Crippen LogP contribution is -2.16. The Balaban J connectivity index is 2.27. The molecule has 0 amide bonds. The summed E-state index contributed by atoms with van der Waals surface area (Å²) in [6.45, 7) is 2.91. The minimum absolute atomic E-state index is 0.0102. The van der Waals surface area contributed by atoms with E-state index in [9.17, 15) is 22.4 Å². The predicted octanol–water partition coefficient (Wildman–Crippen LogP) is 2.60. The number of ketones is 1. The average molecular weight is 386 g/mol. The fourth-order valence-electron chi connectivity index (χ4n) is 1.93. The first-order valence-corrected chi connectivity index (χ1v) is 9.63. The molecule has 0 spiro atoms. The molecule has 0 radical (unpaired) electrons. The summed E-state index contributed by atoms with van der Waals surface area (Å²) in [5.41, 5.74) is -0.257. The summed E-state index contributed by atoms with van der Waals surface area (Å²) in [5, 5.41) is -0.162. The minimum Gasteiger partial charge on any atom is -0.461 e. The van der Waals surface area contributed by atoms with E-state index in [4.69, 9.17) is 4.74 Å². The maximum Gasteiger partial charge on any atom is 0.358 e. The highest BCUT2D eigenvalue weighted by Crippen LogP contribution is 2.26. The number of aromatic nitrogens is 1. The number of esters is 1. The van der Waals surface area contributed by atoms with Crippen LogP contribution in [0, 0.1) is 5.82 Å². The molecule has 0 aliphatic rings. The summed E-state index contributed by atoms with van der Waals surface area (Å²) in [4.78, 5) is 27.3. The quantitative estimate of drug-likeness (QED) is 0.580. The number of nitrogens with one attached hydrogen (secondary N) is 1. The second kappa shape index (κ2) is 7.70. The van der Waals surface area contributed by atoms with Crippen LogP contribution in [0.5, 0.6) is 0 Å². The number of thiazole rings is 1. The van der Waals surface area contributed by atoms with Crippen molar-refractivity contribution in [2.75, 3.05) is 11.3 Å². The molecule has 0 bridgehead atoms. The molecule has 0 atom stereocenters. The van der Waals surface area contributed by atoms with Crippen LogP contribution in [0.4, 0.5) is 9.52 Å². The largest absolute Gasteiger partial charge is 0.461 e. The number of carbonyl (C=O) groups excluding carboxylic acids is 2. The zero-order valence-electron chi connectivity index (χ0n) is 13.4. The van der Waals surface area contributed by atoms with Gasteiger partial charge in [0.05, 0.1) is 12.4 Å². The first-order valence-electron chi connectivity index (χ1n) is 7.16. The molecule has 0 unspecified atom stereocenters. The number of carbonyl (C=O) groups is 2. The molecule has 134 valence electrons.